The van der Waals surface area contributed by atoms with Crippen LogP contribution < -0.4 is 0 Å². The summed E-state index contributed by atoms with van der Waals surface area (Å²) >= 11 is 0. The Hall–Kier alpha value is -1.59. The van der Waals surface area contributed by atoms with Gasteiger partial charge in [-0.3, -0.25) is 0 Å². The first kappa shape index (κ1) is 25.4. The van der Waals surface area contributed by atoms with E-state index in [1.165, 1.54) is 0 Å². The highest BCUT2D eigenvalue weighted by Gasteiger charge is 2.99. The molecule has 0 amide bonds. The van der Waals surface area contributed by atoms with Crippen molar-refractivity contribution in [3.05, 3.63) is 0 Å². The van der Waals surface area contributed by atoms with E-state index in [2.05, 4.69) is 9.47 Å². The minimum absolute atomic E-state index is 0.796. The number of likely N-dealkylation sites (tertiary alicyclic amines) is 1. The number of methoxy groups -OCH3 is 1. The van der Waals surface area contributed by atoms with Gasteiger partial charge in [0.15, 0.2) is 0 Å². The van der Waals surface area contributed by atoms with Crippen molar-refractivity contribution in [1.82, 2.24) is 4.90 Å². The Morgan fingerprint density at radius 2 is 1.17 bits per heavy atom. The van der Waals surface area contributed by atoms with Crippen molar-refractivity contribution >= 4 is 5.97 Å². The topological polar surface area (TPSA) is 38.8 Å². The van der Waals surface area contributed by atoms with E-state index in [0.29, 0.717) is 0 Å². The van der Waals surface area contributed by atoms with Gasteiger partial charge in [0, 0.05) is 7.11 Å². The van der Waals surface area contributed by atoms with Crippen LogP contribution in [0.3, 0.4) is 0 Å². The SMILES string of the molecule is COCCOC(=O)C(F)(C(F)(F)F)C(F)(F)N1C(F)(F)C(F)(F)C(F)(F)C1(F)F. The van der Waals surface area contributed by atoms with Gasteiger partial charge in [-0.2, -0.15) is 57.1 Å². The lowest BCUT2D eigenvalue weighted by Gasteiger charge is -2.41. The zero-order valence-corrected chi connectivity index (χ0v) is 13.4. The van der Waals surface area contributed by atoms with Crippen molar-refractivity contribution in [3.63, 3.8) is 0 Å². The van der Waals surface area contributed by atoms with Crippen molar-refractivity contribution in [2.24, 2.45) is 0 Å². The van der Waals surface area contributed by atoms with Crippen LogP contribution in [-0.4, -0.2) is 73.0 Å². The number of rotatable bonds is 6. The van der Waals surface area contributed by atoms with E-state index >= 15 is 0 Å². The molecule has 1 aliphatic heterocycles. The third-order valence-corrected chi connectivity index (χ3v) is 3.60. The van der Waals surface area contributed by atoms with Gasteiger partial charge >= 0.3 is 47.8 Å². The molecule has 1 saturated heterocycles. The van der Waals surface area contributed by atoms with E-state index in [-0.39, 0.29) is 0 Å². The molecule has 0 aliphatic carbocycles. The van der Waals surface area contributed by atoms with E-state index in [9.17, 15) is 66.3 Å². The Bertz CT molecular complexity index is 621. The normalized spacial score (nSPS) is 25.5. The molecule has 1 rings (SSSR count). The van der Waals surface area contributed by atoms with Crippen molar-refractivity contribution in [2.45, 2.75) is 41.8 Å². The highest BCUT2D eigenvalue weighted by molar-refractivity contribution is 5.82. The second-order valence-electron chi connectivity index (χ2n) is 5.39. The van der Waals surface area contributed by atoms with Crippen molar-refractivity contribution < 1.29 is 75.7 Å². The minimum atomic E-state index is -7.72. The number of ether oxygens (including phenoxy) is 2. The predicted octanol–water partition coefficient (Wildman–Crippen LogP) is 3.81. The molecule has 1 atom stereocenters. The number of esters is 1. The number of alkyl halides is 14. The Kier molecular flexibility index (Phi) is 5.89. The van der Waals surface area contributed by atoms with Crippen LogP contribution in [0, 0.1) is 0 Å². The highest BCUT2D eigenvalue weighted by atomic mass is 19.4. The maximum Gasteiger partial charge on any atom is 0.441 e. The van der Waals surface area contributed by atoms with Crippen molar-refractivity contribution in [2.75, 3.05) is 20.3 Å². The van der Waals surface area contributed by atoms with E-state index in [0.717, 1.165) is 7.11 Å². The standard InChI is InChI=1S/C11H7F14NO3/c1-28-2-3-29-4(27)5(12,8(17,18)19)9(20,21)26-10(22,23)6(13,14)7(15,16)11(26,24)25/h2-3H2,1H3. The number of hydrogen-bond acceptors (Lipinski definition) is 4. The van der Waals surface area contributed by atoms with Crippen LogP contribution in [0.4, 0.5) is 61.5 Å². The maximum absolute atomic E-state index is 14.2. The predicted molar refractivity (Wildman–Crippen MR) is 59.3 cm³/mol. The van der Waals surface area contributed by atoms with E-state index < -0.39 is 65.9 Å². The summed E-state index contributed by atoms with van der Waals surface area (Å²) in [6, 6.07) is -22.6. The zero-order valence-electron chi connectivity index (χ0n) is 13.4. The molecule has 29 heavy (non-hydrogen) atoms. The third kappa shape index (κ3) is 3.00. The largest absolute Gasteiger partial charge is 0.460 e. The van der Waals surface area contributed by atoms with Crippen LogP contribution in [-0.2, 0) is 14.3 Å². The average molecular weight is 467 g/mol. The summed E-state index contributed by atoms with van der Waals surface area (Å²) < 4.78 is 194. The highest BCUT2D eigenvalue weighted by Crippen LogP contribution is 2.67. The number of hydrogen-bond donors (Lipinski definition) is 0. The van der Waals surface area contributed by atoms with Gasteiger partial charge in [-0.1, -0.05) is 0 Å². The molecule has 4 nitrogen and oxygen atoms in total. The van der Waals surface area contributed by atoms with E-state index in [4.69, 9.17) is 0 Å². The second kappa shape index (κ2) is 6.71. The molecule has 0 aromatic carbocycles. The van der Waals surface area contributed by atoms with Crippen LogP contribution >= 0.6 is 0 Å². The van der Waals surface area contributed by atoms with Crippen molar-refractivity contribution in [1.29, 1.82) is 0 Å². The first-order valence-electron chi connectivity index (χ1n) is 6.71. The molecular formula is C11H7F14NO3. The first-order chi connectivity index (χ1) is 12.6. The molecule has 1 heterocycles. The summed E-state index contributed by atoms with van der Waals surface area (Å²) in [5.74, 6) is -18.7. The Morgan fingerprint density at radius 3 is 1.48 bits per heavy atom. The molecule has 0 spiro atoms. The number of halogens is 14. The average Bonchev–Trinajstić information content (AvgIpc) is 2.57. The maximum atomic E-state index is 14.2. The lowest BCUT2D eigenvalue weighted by atomic mass is 10.0. The van der Waals surface area contributed by atoms with Gasteiger partial charge in [0.1, 0.15) is 6.61 Å². The van der Waals surface area contributed by atoms with Crippen LogP contribution in [0.5, 0.6) is 0 Å². The lowest BCUT2D eigenvalue weighted by molar-refractivity contribution is -0.416. The molecule has 172 valence electrons. The fourth-order valence-electron chi connectivity index (χ4n) is 2.07. The summed E-state index contributed by atoms with van der Waals surface area (Å²) in [5, 5.41) is 0. The molecular weight excluding hydrogens is 460 g/mol. The van der Waals surface area contributed by atoms with Gasteiger partial charge < -0.3 is 9.47 Å². The number of carbonyl (C=O) groups is 1. The Morgan fingerprint density at radius 1 is 0.793 bits per heavy atom. The Labute approximate surface area is 150 Å². The van der Waals surface area contributed by atoms with Gasteiger partial charge in [0.05, 0.1) is 6.61 Å². The number of carbonyl (C=O) groups excluding carboxylic acids is 1. The summed E-state index contributed by atoms with van der Waals surface area (Å²) in [6.07, 6.45) is -7.38. The van der Waals surface area contributed by atoms with Gasteiger partial charge in [0.25, 0.3) is 0 Å². The molecule has 0 aromatic rings. The van der Waals surface area contributed by atoms with Crippen LogP contribution in [0.2, 0.25) is 0 Å². The first-order valence-corrected chi connectivity index (χ1v) is 6.71. The van der Waals surface area contributed by atoms with E-state index in [1.54, 1.807) is 0 Å². The third-order valence-electron chi connectivity index (χ3n) is 3.60. The molecule has 0 N–H and O–H groups in total. The summed E-state index contributed by atoms with van der Waals surface area (Å²) in [5.41, 5.74) is -7.20. The molecule has 18 heteroatoms. The molecule has 0 bridgehead atoms. The lowest BCUT2D eigenvalue weighted by Crippen LogP contribution is -2.73. The quantitative estimate of drug-likeness (QED) is 0.258. The number of nitrogens with zero attached hydrogens (tertiary/aromatic N) is 1. The smallest absolute Gasteiger partial charge is 0.441 e. The van der Waals surface area contributed by atoms with Crippen molar-refractivity contribution in [3.8, 4) is 0 Å². The summed E-state index contributed by atoms with van der Waals surface area (Å²) in [4.78, 5) is 7.22. The van der Waals surface area contributed by atoms with Gasteiger partial charge in [-0.15, -0.1) is 4.90 Å². The Balaban J connectivity index is 3.72. The molecule has 1 unspecified atom stereocenters. The van der Waals surface area contributed by atoms with Crippen LogP contribution in [0.25, 0.3) is 0 Å². The monoisotopic (exact) mass is 467 g/mol. The fourth-order valence-corrected chi connectivity index (χ4v) is 2.07. The van der Waals surface area contributed by atoms with E-state index in [1.807, 2.05) is 0 Å². The second-order valence-corrected chi connectivity index (χ2v) is 5.39. The summed E-state index contributed by atoms with van der Waals surface area (Å²) in [6.45, 7) is -2.37. The van der Waals surface area contributed by atoms with Crippen LogP contribution in [0.15, 0.2) is 0 Å². The van der Waals surface area contributed by atoms with Gasteiger partial charge in [-0.05, 0) is 0 Å². The minimum Gasteiger partial charge on any atom is -0.460 e. The summed E-state index contributed by atoms with van der Waals surface area (Å²) in [7, 11) is 0.796. The molecule has 1 aliphatic rings. The van der Waals surface area contributed by atoms with Crippen LogP contribution in [0.1, 0.15) is 0 Å². The molecule has 0 radical (unpaired) electrons. The van der Waals surface area contributed by atoms with Gasteiger partial charge in [0.2, 0.25) is 0 Å². The molecule has 0 saturated carbocycles. The fraction of sp³-hybridized carbons (Fsp3) is 0.909. The molecule has 1 fully saturated rings. The zero-order chi connectivity index (χ0) is 23.5. The molecule has 0 aromatic heterocycles. The van der Waals surface area contributed by atoms with Gasteiger partial charge in [-0.25, -0.2) is 9.18 Å².